The highest BCUT2D eigenvalue weighted by Crippen LogP contribution is 2.22. The quantitative estimate of drug-likeness (QED) is 0.919. The molecule has 1 saturated heterocycles. The van der Waals surface area contributed by atoms with Crippen LogP contribution in [0.25, 0.3) is 5.65 Å². The van der Waals surface area contributed by atoms with Gasteiger partial charge in [-0.25, -0.2) is 9.50 Å². The van der Waals surface area contributed by atoms with Crippen LogP contribution >= 0.6 is 0 Å². The second-order valence-corrected chi connectivity index (χ2v) is 6.93. The number of nitrogens with one attached hydrogen (secondary N) is 1. The number of hydrogen-bond donors (Lipinski definition) is 1. The molecule has 1 N–H and O–H groups in total. The van der Waals surface area contributed by atoms with Gasteiger partial charge in [0.1, 0.15) is 5.56 Å². The van der Waals surface area contributed by atoms with E-state index in [9.17, 15) is 9.59 Å². The van der Waals surface area contributed by atoms with Crippen molar-refractivity contribution >= 4 is 17.5 Å². The van der Waals surface area contributed by atoms with Crippen molar-refractivity contribution in [1.29, 1.82) is 0 Å². The molecule has 0 aliphatic carbocycles. The lowest BCUT2D eigenvalue weighted by Crippen LogP contribution is -2.43. The van der Waals surface area contributed by atoms with Crippen LogP contribution in [-0.2, 0) is 4.79 Å². The molecule has 0 aromatic carbocycles. The lowest BCUT2D eigenvalue weighted by Gasteiger charge is -2.32. The summed E-state index contributed by atoms with van der Waals surface area (Å²) in [5.41, 5.74) is 3.76. The first-order chi connectivity index (χ1) is 11.9. The number of carbonyl (C=O) groups is 2. The average molecular weight is 343 g/mol. The number of aryl methyl sites for hydroxylation is 3. The summed E-state index contributed by atoms with van der Waals surface area (Å²) in [6, 6.07) is 1.96. The van der Waals surface area contributed by atoms with Crippen LogP contribution in [0.15, 0.2) is 6.07 Å². The van der Waals surface area contributed by atoms with Crippen molar-refractivity contribution in [2.45, 2.75) is 40.5 Å². The maximum absolute atomic E-state index is 13.1. The minimum atomic E-state index is -0.0305. The second-order valence-electron chi connectivity index (χ2n) is 6.93. The highest BCUT2D eigenvalue weighted by Gasteiger charge is 2.28. The first-order valence-corrected chi connectivity index (χ1v) is 8.74. The van der Waals surface area contributed by atoms with Gasteiger partial charge < -0.3 is 10.2 Å². The van der Waals surface area contributed by atoms with E-state index in [1.807, 2.05) is 31.7 Å². The van der Waals surface area contributed by atoms with Gasteiger partial charge in [0.15, 0.2) is 5.65 Å². The number of piperidine rings is 1. The molecule has 1 unspecified atom stereocenters. The monoisotopic (exact) mass is 343 g/mol. The van der Waals surface area contributed by atoms with Gasteiger partial charge in [0, 0.05) is 37.9 Å². The van der Waals surface area contributed by atoms with Gasteiger partial charge in [0.2, 0.25) is 5.91 Å². The standard InChI is InChI=1S/C18H25N5O2/c1-11-8-12(2)23-17(20-11)16(13(3)21-23)18(25)22-7-5-6-15(10-22)9-19-14(4)24/h8,15H,5-7,9-10H2,1-4H3,(H,19,24). The normalized spacial score (nSPS) is 17.8. The maximum atomic E-state index is 13.1. The summed E-state index contributed by atoms with van der Waals surface area (Å²) in [6.45, 7) is 9.27. The fourth-order valence-corrected chi connectivity index (χ4v) is 3.54. The number of aromatic nitrogens is 3. The van der Waals surface area contributed by atoms with Gasteiger partial charge in [-0.2, -0.15) is 5.10 Å². The molecule has 1 aliphatic heterocycles. The molecular weight excluding hydrogens is 318 g/mol. The molecule has 1 aliphatic rings. The summed E-state index contributed by atoms with van der Waals surface area (Å²) < 4.78 is 1.74. The number of likely N-dealkylation sites (tertiary alicyclic amines) is 1. The number of amides is 2. The van der Waals surface area contributed by atoms with Crippen LogP contribution < -0.4 is 5.32 Å². The Morgan fingerprint density at radius 2 is 2.08 bits per heavy atom. The van der Waals surface area contributed by atoms with E-state index in [0.29, 0.717) is 35.9 Å². The molecule has 1 fully saturated rings. The smallest absolute Gasteiger partial charge is 0.259 e. The van der Waals surface area contributed by atoms with Crippen LogP contribution in [0.5, 0.6) is 0 Å². The largest absolute Gasteiger partial charge is 0.356 e. The molecule has 7 nitrogen and oxygen atoms in total. The molecule has 2 aromatic rings. The summed E-state index contributed by atoms with van der Waals surface area (Å²) in [4.78, 5) is 30.7. The summed E-state index contributed by atoms with van der Waals surface area (Å²) >= 11 is 0. The predicted octanol–water partition coefficient (Wildman–Crippen LogP) is 1.64. The average Bonchev–Trinajstić information content (AvgIpc) is 2.89. The molecule has 2 amide bonds. The van der Waals surface area contributed by atoms with E-state index >= 15 is 0 Å². The van der Waals surface area contributed by atoms with Crippen LogP contribution in [-0.4, -0.2) is 50.9 Å². The molecule has 7 heteroatoms. The Kier molecular flexibility index (Phi) is 4.74. The van der Waals surface area contributed by atoms with Crippen molar-refractivity contribution < 1.29 is 9.59 Å². The number of rotatable bonds is 3. The Bertz CT molecular complexity index is 826. The van der Waals surface area contributed by atoms with Crippen molar-refractivity contribution in [2.75, 3.05) is 19.6 Å². The van der Waals surface area contributed by atoms with E-state index in [-0.39, 0.29) is 11.8 Å². The molecule has 134 valence electrons. The molecule has 3 heterocycles. The molecule has 0 saturated carbocycles. The summed E-state index contributed by atoms with van der Waals surface area (Å²) in [7, 11) is 0. The summed E-state index contributed by atoms with van der Waals surface area (Å²) in [6.07, 6.45) is 1.97. The third kappa shape index (κ3) is 3.50. The summed E-state index contributed by atoms with van der Waals surface area (Å²) in [5, 5.41) is 7.36. The van der Waals surface area contributed by atoms with E-state index in [2.05, 4.69) is 15.4 Å². The minimum Gasteiger partial charge on any atom is -0.356 e. The van der Waals surface area contributed by atoms with Crippen molar-refractivity contribution in [2.24, 2.45) is 5.92 Å². The molecule has 0 bridgehead atoms. The van der Waals surface area contributed by atoms with Gasteiger partial charge in [-0.05, 0) is 45.6 Å². The van der Waals surface area contributed by atoms with E-state index in [4.69, 9.17) is 0 Å². The van der Waals surface area contributed by atoms with Crippen LogP contribution in [0.1, 0.15) is 47.2 Å². The molecule has 1 atom stereocenters. The van der Waals surface area contributed by atoms with E-state index in [0.717, 1.165) is 30.8 Å². The van der Waals surface area contributed by atoms with Crippen LogP contribution in [0.2, 0.25) is 0 Å². The molecular formula is C18H25N5O2. The van der Waals surface area contributed by atoms with E-state index in [1.54, 1.807) is 4.52 Å². The highest BCUT2D eigenvalue weighted by molar-refractivity contribution is 6.01. The SMILES string of the molecule is CC(=O)NCC1CCCN(C(=O)c2c(C)nn3c(C)cc(C)nc23)C1. The Morgan fingerprint density at radius 1 is 1.32 bits per heavy atom. The fourth-order valence-electron chi connectivity index (χ4n) is 3.54. The number of carbonyl (C=O) groups excluding carboxylic acids is 2. The molecule has 3 rings (SSSR count). The minimum absolute atomic E-state index is 0.0162. The Balaban J connectivity index is 1.86. The predicted molar refractivity (Wildman–Crippen MR) is 94.5 cm³/mol. The third-order valence-corrected chi connectivity index (χ3v) is 4.73. The number of nitrogens with zero attached hydrogens (tertiary/aromatic N) is 4. The van der Waals surface area contributed by atoms with Gasteiger partial charge in [-0.3, -0.25) is 9.59 Å². The molecule has 0 radical (unpaired) electrons. The van der Waals surface area contributed by atoms with E-state index in [1.165, 1.54) is 6.92 Å². The maximum Gasteiger partial charge on any atom is 0.259 e. The molecule has 0 spiro atoms. The summed E-state index contributed by atoms with van der Waals surface area (Å²) in [5.74, 6) is 0.245. The van der Waals surface area contributed by atoms with Crippen molar-refractivity contribution in [3.63, 3.8) is 0 Å². The lowest BCUT2D eigenvalue weighted by atomic mass is 9.97. The number of hydrogen-bond acceptors (Lipinski definition) is 4. The van der Waals surface area contributed by atoms with Crippen molar-refractivity contribution in [3.8, 4) is 0 Å². The second kappa shape index (κ2) is 6.82. The van der Waals surface area contributed by atoms with Crippen LogP contribution in [0.3, 0.4) is 0 Å². The van der Waals surface area contributed by atoms with Crippen molar-refractivity contribution in [3.05, 3.63) is 28.7 Å². The Labute approximate surface area is 147 Å². The van der Waals surface area contributed by atoms with Gasteiger partial charge in [0.05, 0.1) is 5.69 Å². The molecule has 2 aromatic heterocycles. The molecule has 25 heavy (non-hydrogen) atoms. The first kappa shape index (κ1) is 17.4. The van der Waals surface area contributed by atoms with Gasteiger partial charge in [-0.1, -0.05) is 0 Å². The zero-order valence-corrected chi connectivity index (χ0v) is 15.3. The lowest BCUT2D eigenvalue weighted by molar-refractivity contribution is -0.119. The zero-order valence-electron chi connectivity index (χ0n) is 15.3. The first-order valence-electron chi connectivity index (χ1n) is 8.74. The fraction of sp³-hybridized carbons (Fsp3) is 0.556. The third-order valence-electron chi connectivity index (χ3n) is 4.73. The van der Waals surface area contributed by atoms with Crippen molar-refractivity contribution in [1.82, 2.24) is 24.8 Å². The zero-order chi connectivity index (χ0) is 18.1. The van der Waals surface area contributed by atoms with Gasteiger partial charge in [0.25, 0.3) is 5.91 Å². The highest BCUT2D eigenvalue weighted by atomic mass is 16.2. The Morgan fingerprint density at radius 3 is 2.80 bits per heavy atom. The van der Waals surface area contributed by atoms with Gasteiger partial charge >= 0.3 is 0 Å². The van der Waals surface area contributed by atoms with Crippen LogP contribution in [0, 0.1) is 26.7 Å². The van der Waals surface area contributed by atoms with Crippen LogP contribution in [0.4, 0.5) is 0 Å². The number of fused-ring (bicyclic) bond motifs is 1. The topological polar surface area (TPSA) is 79.6 Å². The van der Waals surface area contributed by atoms with E-state index < -0.39 is 0 Å². The Hall–Kier alpha value is -2.44. The van der Waals surface area contributed by atoms with Gasteiger partial charge in [-0.15, -0.1) is 0 Å².